The molecule has 5 heteroatoms. The highest BCUT2D eigenvalue weighted by Gasteiger charge is 2.15. The van der Waals surface area contributed by atoms with Crippen LogP contribution in [-0.2, 0) is 14.3 Å². The summed E-state index contributed by atoms with van der Waals surface area (Å²) in [5, 5.41) is 0. The maximum Gasteiger partial charge on any atom is 0.325 e. The second kappa shape index (κ2) is 4.71. The highest BCUT2D eigenvalue weighted by atomic mass is 16.5. The van der Waals surface area contributed by atoms with Crippen molar-refractivity contribution in [1.29, 1.82) is 0 Å². The monoisotopic (exact) mass is 174 g/mol. The van der Waals surface area contributed by atoms with Crippen molar-refractivity contribution in [1.82, 2.24) is 4.90 Å². The van der Waals surface area contributed by atoms with E-state index in [-0.39, 0.29) is 12.5 Å². The Kier molecular flexibility index (Phi) is 4.28. The Balaban J connectivity index is 3.95. The Morgan fingerprint density at radius 2 is 2.08 bits per heavy atom. The number of ether oxygens (including phenoxy) is 1. The zero-order chi connectivity index (χ0) is 9.72. The summed E-state index contributed by atoms with van der Waals surface area (Å²) in [4.78, 5) is 23.0. The minimum absolute atomic E-state index is 0.0587. The van der Waals surface area contributed by atoms with Gasteiger partial charge in [0, 0.05) is 7.05 Å². The number of hydrogen-bond donors (Lipinski definition) is 1. The third kappa shape index (κ3) is 3.34. The van der Waals surface area contributed by atoms with Crippen LogP contribution in [-0.4, -0.2) is 43.5 Å². The molecule has 0 unspecified atom stereocenters. The first kappa shape index (κ1) is 10.9. The number of likely N-dealkylation sites (N-methyl/N-ethyl adjacent to an activating group) is 1. The van der Waals surface area contributed by atoms with Crippen molar-refractivity contribution in [2.75, 3.05) is 20.7 Å². The fraction of sp³-hybridized carbons (Fsp3) is 0.714. The molecule has 0 aromatic rings. The normalized spacial score (nSPS) is 12.0. The van der Waals surface area contributed by atoms with E-state index in [0.717, 1.165) is 0 Å². The third-order valence-electron chi connectivity index (χ3n) is 1.36. The van der Waals surface area contributed by atoms with Crippen LogP contribution in [0.25, 0.3) is 0 Å². The van der Waals surface area contributed by atoms with Crippen LogP contribution in [0.4, 0.5) is 0 Å². The van der Waals surface area contributed by atoms with Crippen LogP contribution in [0.15, 0.2) is 0 Å². The maximum absolute atomic E-state index is 11.1. The molecule has 0 spiro atoms. The molecule has 0 aliphatic carbocycles. The van der Waals surface area contributed by atoms with Crippen LogP contribution >= 0.6 is 0 Å². The summed E-state index contributed by atoms with van der Waals surface area (Å²) in [6, 6.07) is -0.584. The van der Waals surface area contributed by atoms with E-state index in [1.165, 1.54) is 19.1 Å². The fourth-order valence-corrected chi connectivity index (χ4v) is 0.684. The van der Waals surface area contributed by atoms with Gasteiger partial charge in [-0.1, -0.05) is 0 Å². The summed E-state index contributed by atoms with van der Waals surface area (Å²) in [5.41, 5.74) is 5.31. The van der Waals surface area contributed by atoms with Gasteiger partial charge in [-0.05, 0) is 6.92 Å². The van der Waals surface area contributed by atoms with Gasteiger partial charge in [-0.2, -0.15) is 0 Å². The molecule has 0 saturated heterocycles. The van der Waals surface area contributed by atoms with Crippen molar-refractivity contribution in [2.45, 2.75) is 13.0 Å². The molecule has 0 heterocycles. The van der Waals surface area contributed by atoms with Gasteiger partial charge >= 0.3 is 5.97 Å². The van der Waals surface area contributed by atoms with Gasteiger partial charge in [0.05, 0.1) is 13.2 Å². The molecule has 1 atom stereocenters. The van der Waals surface area contributed by atoms with E-state index in [9.17, 15) is 9.59 Å². The van der Waals surface area contributed by atoms with Gasteiger partial charge < -0.3 is 15.4 Å². The standard InChI is InChI=1S/C7H14N2O3/c1-5(8)7(11)9(2)4-6(10)12-3/h5H,4,8H2,1-3H3/t5-/m0/s1. The lowest BCUT2D eigenvalue weighted by Crippen LogP contribution is -2.42. The smallest absolute Gasteiger partial charge is 0.325 e. The first-order chi connectivity index (χ1) is 5.49. The Labute approximate surface area is 71.5 Å². The summed E-state index contributed by atoms with van der Waals surface area (Å²) in [6.07, 6.45) is 0. The van der Waals surface area contributed by atoms with Crippen molar-refractivity contribution in [3.63, 3.8) is 0 Å². The van der Waals surface area contributed by atoms with Gasteiger partial charge in [-0.25, -0.2) is 0 Å². The molecular weight excluding hydrogens is 160 g/mol. The quantitative estimate of drug-likeness (QED) is 0.555. The first-order valence-electron chi connectivity index (χ1n) is 3.56. The van der Waals surface area contributed by atoms with E-state index in [1.807, 2.05) is 0 Å². The highest BCUT2D eigenvalue weighted by Crippen LogP contribution is 1.89. The number of carbonyl (C=O) groups excluding carboxylic acids is 2. The molecule has 0 saturated carbocycles. The molecule has 0 aliphatic heterocycles. The SMILES string of the molecule is COC(=O)CN(C)C(=O)[C@H](C)N. The second-order valence-corrected chi connectivity index (χ2v) is 2.56. The Bertz CT molecular complexity index is 179. The van der Waals surface area contributed by atoms with E-state index in [1.54, 1.807) is 6.92 Å². The van der Waals surface area contributed by atoms with Gasteiger partial charge in [0.2, 0.25) is 5.91 Å². The van der Waals surface area contributed by atoms with Crippen molar-refractivity contribution >= 4 is 11.9 Å². The predicted molar refractivity (Wildman–Crippen MR) is 43.3 cm³/mol. The molecule has 0 aromatic carbocycles. The third-order valence-corrected chi connectivity index (χ3v) is 1.36. The number of amides is 1. The minimum Gasteiger partial charge on any atom is -0.468 e. The van der Waals surface area contributed by atoms with Crippen LogP contribution in [0.2, 0.25) is 0 Å². The van der Waals surface area contributed by atoms with Crippen LogP contribution in [0.1, 0.15) is 6.92 Å². The van der Waals surface area contributed by atoms with E-state index in [2.05, 4.69) is 4.74 Å². The molecule has 1 amide bonds. The molecule has 0 radical (unpaired) electrons. The van der Waals surface area contributed by atoms with Crippen molar-refractivity contribution < 1.29 is 14.3 Å². The Morgan fingerprint density at radius 1 is 1.58 bits per heavy atom. The lowest BCUT2D eigenvalue weighted by Gasteiger charge is -2.17. The Morgan fingerprint density at radius 3 is 2.42 bits per heavy atom. The largest absolute Gasteiger partial charge is 0.468 e. The molecule has 0 aromatic heterocycles. The molecule has 0 aliphatic rings. The topological polar surface area (TPSA) is 72.6 Å². The van der Waals surface area contributed by atoms with Crippen LogP contribution in [0.5, 0.6) is 0 Å². The van der Waals surface area contributed by atoms with Gasteiger partial charge in [-0.15, -0.1) is 0 Å². The minimum atomic E-state index is -0.584. The second-order valence-electron chi connectivity index (χ2n) is 2.56. The number of carbonyl (C=O) groups is 2. The number of methoxy groups -OCH3 is 1. The van der Waals surface area contributed by atoms with Gasteiger partial charge in [0.15, 0.2) is 0 Å². The molecule has 0 fully saturated rings. The average molecular weight is 174 g/mol. The molecule has 70 valence electrons. The number of hydrogen-bond acceptors (Lipinski definition) is 4. The fourth-order valence-electron chi connectivity index (χ4n) is 0.684. The van der Waals surface area contributed by atoms with E-state index in [4.69, 9.17) is 5.73 Å². The van der Waals surface area contributed by atoms with Gasteiger partial charge in [0.25, 0.3) is 0 Å². The van der Waals surface area contributed by atoms with Crippen LogP contribution in [0, 0.1) is 0 Å². The number of nitrogens with zero attached hydrogens (tertiary/aromatic N) is 1. The summed E-state index contributed by atoms with van der Waals surface area (Å²) >= 11 is 0. The predicted octanol–water partition coefficient (Wildman–Crippen LogP) is -1.03. The Hall–Kier alpha value is -1.10. The van der Waals surface area contributed by atoms with Crippen LogP contribution < -0.4 is 5.73 Å². The lowest BCUT2D eigenvalue weighted by atomic mass is 10.3. The molecule has 2 N–H and O–H groups in total. The maximum atomic E-state index is 11.1. The van der Waals surface area contributed by atoms with E-state index >= 15 is 0 Å². The summed E-state index contributed by atoms with van der Waals surface area (Å²) in [5.74, 6) is -0.730. The zero-order valence-electron chi connectivity index (χ0n) is 7.53. The number of rotatable bonds is 3. The summed E-state index contributed by atoms with van der Waals surface area (Å²) < 4.78 is 4.38. The zero-order valence-corrected chi connectivity index (χ0v) is 7.53. The van der Waals surface area contributed by atoms with Crippen molar-refractivity contribution in [3.05, 3.63) is 0 Å². The summed E-state index contributed by atoms with van der Waals surface area (Å²) in [7, 11) is 2.77. The van der Waals surface area contributed by atoms with E-state index < -0.39 is 12.0 Å². The highest BCUT2D eigenvalue weighted by molar-refractivity contribution is 5.84. The van der Waals surface area contributed by atoms with E-state index in [0.29, 0.717) is 0 Å². The summed E-state index contributed by atoms with van der Waals surface area (Å²) in [6.45, 7) is 1.51. The molecule has 12 heavy (non-hydrogen) atoms. The molecule has 0 rings (SSSR count). The number of nitrogens with two attached hydrogens (primary N) is 1. The number of esters is 1. The first-order valence-corrected chi connectivity index (χ1v) is 3.56. The molecular formula is C7H14N2O3. The molecule has 0 bridgehead atoms. The van der Waals surface area contributed by atoms with Crippen molar-refractivity contribution in [3.8, 4) is 0 Å². The lowest BCUT2D eigenvalue weighted by molar-refractivity contribution is -0.146. The molecule has 5 nitrogen and oxygen atoms in total. The van der Waals surface area contributed by atoms with Gasteiger partial charge in [-0.3, -0.25) is 9.59 Å². The van der Waals surface area contributed by atoms with Gasteiger partial charge in [0.1, 0.15) is 6.54 Å². The van der Waals surface area contributed by atoms with Crippen molar-refractivity contribution in [2.24, 2.45) is 5.73 Å². The van der Waals surface area contributed by atoms with Crippen LogP contribution in [0.3, 0.4) is 0 Å². The average Bonchev–Trinajstić information content (AvgIpc) is 2.02.